The van der Waals surface area contributed by atoms with Crippen molar-refractivity contribution in [2.24, 2.45) is 0 Å². The second kappa shape index (κ2) is 3.28. The average Bonchev–Trinajstić information content (AvgIpc) is 2.33. The van der Waals surface area contributed by atoms with Crippen molar-refractivity contribution in [2.45, 2.75) is 12.6 Å². The molecular weight excluding hydrogens is 214 g/mol. The van der Waals surface area contributed by atoms with Gasteiger partial charge in [-0.2, -0.15) is 0 Å². The third-order valence-electron chi connectivity index (χ3n) is 3.21. The lowest BCUT2D eigenvalue weighted by atomic mass is 9.99. The second-order valence-corrected chi connectivity index (χ2v) is 4.67. The second-order valence-electron chi connectivity index (χ2n) is 4.67. The lowest BCUT2D eigenvalue weighted by molar-refractivity contribution is 0.238. The highest BCUT2D eigenvalue weighted by atomic mass is 16.3. The highest BCUT2D eigenvalue weighted by molar-refractivity contribution is 6.09. The van der Waals surface area contributed by atoms with Crippen molar-refractivity contribution in [1.29, 1.82) is 0 Å². The maximum Gasteiger partial charge on any atom is 0.129 e. The Morgan fingerprint density at radius 1 is 1.18 bits per heavy atom. The molecule has 4 heteroatoms. The number of aliphatic hydroxyl groups excluding tert-OH is 1. The molecule has 2 aromatic carbocycles. The van der Waals surface area contributed by atoms with Crippen molar-refractivity contribution in [2.75, 3.05) is 23.0 Å². The van der Waals surface area contributed by atoms with E-state index in [4.69, 9.17) is 5.73 Å². The van der Waals surface area contributed by atoms with Crippen LogP contribution in [0.1, 0.15) is 6.92 Å². The monoisotopic (exact) mass is 229 g/mol. The van der Waals surface area contributed by atoms with Gasteiger partial charge in [0.15, 0.2) is 0 Å². The SMILES string of the molecule is CC1(CO)Nc2cccc3c(N)ccc(c23)N1. The summed E-state index contributed by atoms with van der Waals surface area (Å²) in [4.78, 5) is 0. The molecule has 1 atom stereocenters. The molecule has 1 aliphatic heterocycles. The van der Waals surface area contributed by atoms with Crippen LogP contribution in [0.4, 0.5) is 17.1 Å². The first-order valence-corrected chi connectivity index (χ1v) is 5.61. The summed E-state index contributed by atoms with van der Waals surface area (Å²) in [5, 5.41) is 18.1. The molecule has 4 nitrogen and oxygen atoms in total. The first-order chi connectivity index (χ1) is 8.13. The third kappa shape index (κ3) is 1.41. The van der Waals surface area contributed by atoms with E-state index in [0.717, 1.165) is 27.8 Å². The number of anilines is 3. The van der Waals surface area contributed by atoms with Gasteiger partial charge in [-0.3, -0.25) is 0 Å². The highest BCUT2D eigenvalue weighted by Crippen LogP contribution is 2.39. The highest BCUT2D eigenvalue weighted by Gasteiger charge is 2.28. The molecule has 0 saturated heterocycles. The summed E-state index contributed by atoms with van der Waals surface area (Å²) in [6.07, 6.45) is 0. The summed E-state index contributed by atoms with van der Waals surface area (Å²) in [6, 6.07) is 9.81. The maximum atomic E-state index is 9.44. The topological polar surface area (TPSA) is 70.3 Å². The van der Waals surface area contributed by atoms with E-state index >= 15 is 0 Å². The van der Waals surface area contributed by atoms with Crippen LogP contribution >= 0.6 is 0 Å². The van der Waals surface area contributed by atoms with Crippen LogP contribution in [0.2, 0.25) is 0 Å². The van der Waals surface area contributed by atoms with Crippen molar-refractivity contribution in [3.63, 3.8) is 0 Å². The zero-order valence-corrected chi connectivity index (χ0v) is 9.62. The van der Waals surface area contributed by atoms with Gasteiger partial charge in [0.25, 0.3) is 0 Å². The number of nitrogens with one attached hydrogen (secondary N) is 2. The van der Waals surface area contributed by atoms with Crippen molar-refractivity contribution in [1.82, 2.24) is 0 Å². The Bertz CT molecular complexity index is 582. The molecular formula is C13H15N3O. The number of nitrogens with two attached hydrogens (primary N) is 1. The molecule has 0 radical (unpaired) electrons. The number of aliphatic hydroxyl groups is 1. The van der Waals surface area contributed by atoms with Crippen molar-refractivity contribution in [3.8, 4) is 0 Å². The Hall–Kier alpha value is -1.94. The zero-order chi connectivity index (χ0) is 12.0. The van der Waals surface area contributed by atoms with Gasteiger partial charge in [0.05, 0.1) is 6.61 Å². The van der Waals surface area contributed by atoms with Crippen LogP contribution in [0.3, 0.4) is 0 Å². The number of hydrogen-bond acceptors (Lipinski definition) is 4. The predicted molar refractivity (Wildman–Crippen MR) is 71.1 cm³/mol. The zero-order valence-electron chi connectivity index (χ0n) is 9.62. The largest absolute Gasteiger partial charge is 0.398 e. The molecule has 1 unspecified atom stereocenters. The fourth-order valence-electron chi connectivity index (χ4n) is 2.34. The van der Waals surface area contributed by atoms with Gasteiger partial charge in [-0.15, -0.1) is 0 Å². The Labute approximate surface area is 99.4 Å². The van der Waals surface area contributed by atoms with E-state index in [1.807, 2.05) is 37.3 Å². The van der Waals surface area contributed by atoms with Gasteiger partial charge in [0, 0.05) is 27.8 Å². The summed E-state index contributed by atoms with van der Waals surface area (Å²) in [5.41, 5.74) is 8.20. The van der Waals surface area contributed by atoms with E-state index in [1.165, 1.54) is 0 Å². The van der Waals surface area contributed by atoms with Gasteiger partial charge in [0.2, 0.25) is 0 Å². The quantitative estimate of drug-likeness (QED) is 0.564. The van der Waals surface area contributed by atoms with E-state index in [2.05, 4.69) is 10.6 Å². The summed E-state index contributed by atoms with van der Waals surface area (Å²) in [5.74, 6) is 0. The Morgan fingerprint density at radius 3 is 2.59 bits per heavy atom. The molecule has 3 rings (SSSR count). The summed E-state index contributed by atoms with van der Waals surface area (Å²) in [6.45, 7) is 1.93. The lowest BCUT2D eigenvalue weighted by Gasteiger charge is -2.37. The van der Waals surface area contributed by atoms with E-state index in [0.29, 0.717) is 0 Å². The Morgan fingerprint density at radius 2 is 1.88 bits per heavy atom. The molecule has 2 aromatic rings. The fraction of sp³-hybridized carbons (Fsp3) is 0.231. The van der Waals surface area contributed by atoms with Gasteiger partial charge in [0.1, 0.15) is 5.66 Å². The average molecular weight is 229 g/mol. The molecule has 0 saturated carbocycles. The molecule has 0 amide bonds. The van der Waals surface area contributed by atoms with Crippen molar-refractivity contribution in [3.05, 3.63) is 30.3 Å². The molecule has 1 heterocycles. The Balaban J connectivity index is 2.30. The molecule has 88 valence electrons. The molecule has 0 bridgehead atoms. The number of benzene rings is 2. The molecule has 0 fully saturated rings. The molecule has 5 N–H and O–H groups in total. The predicted octanol–water partition coefficient (Wildman–Crippen LogP) is 1.97. The molecule has 0 aromatic heterocycles. The standard InChI is InChI=1S/C13H15N3O/c1-13(7-17)15-10-4-2-3-8-9(14)5-6-11(16-13)12(8)10/h2-6,15-17H,7,14H2,1H3. The van der Waals surface area contributed by atoms with Crippen LogP contribution in [0, 0.1) is 0 Å². The third-order valence-corrected chi connectivity index (χ3v) is 3.21. The Kier molecular flexibility index (Phi) is 1.97. The van der Waals surface area contributed by atoms with Gasteiger partial charge < -0.3 is 21.5 Å². The number of nitrogen functional groups attached to an aromatic ring is 1. The van der Waals surface area contributed by atoms with Gasteiger partial charge in [-0.25, -0.2) is 0 Å². The smallest absolute Gasteiger partial charge is 0.129 e. The maximum absolute atomic E-state index is 9.44. The number of rotatable bonds is 1. The van der Waals surface area contributed by atoms with Crippen LogP contribution in [0.5, 0.6) is 0 Å². The van der Waals surface area contributed by atoms with Gasteiger partial charge in [-0.05, 0) is 25.1 Å². The number of hydrogen-bond donors (Lipinski definition) is 4. The van der Waals surface area contributed by atoms with E-state index in [1.54, 1.807) is 0 Å². The van der Waals surface area contributed by atoms with Crippen molar-refractivity contribution < 1.29 is 5.11 Å². The van der Waals surface area contributed by atoms with Crippen LogP contribution in [0.15, 0.2) is 30.3 Å². The van der Waals surface area contributed by atoms with E-state index in [-0.39, 0.29) is 6.61 Å². The van der Waals surface area contributed by atoms with E-state index in [9.17, 15) is 5.11 Å². The molecule has 17 heavy (non-hydrogen) atoms. The van der Waals surface area contributed by atoms with Gasteiger partial charge in [-0.1, -0.05) is 12.1 Å². The minimum atomic E-state index is -0.530. The summed E-state index contributed by atoms with van der Waals surface area (Å²) < 4.78 is 0. The summed E-state index contributed by atoms with van der Waals surface area (Å²) in [7, 11) is 0. The van der Waals surface area contributed by atoms with E-state index < -0.39 is 5.66 Å². The molecule has 0 aliphatic carbocycles. The van der Waals surface area contributed by atoms with Crippen LogP contribution < -0.4 is 16.4 Å². The molecule has 0 spiro atoms. The minimum Gasteiger partial charge on any atom is -0.398 e. The normalized spacial score (nSPS) is 22.0. The fourth-order valence-corrected chi connectivity index (χ4v) is 2.34. The minimum absolute atomic E-state index is 0.00715. The van der Waals surface area contributed by atoms with Crippen LogP contribution in [-0.2, 0) is 0 Å². The van der Waals surface area contributed by atoms with Gasteiger partial charge >= 0.3 is 0 Å². The molecule has 1 aliphatic rings. The van der Waals surface area contributed by atoms with Crippen molar-refractivity contribution >= 4 is 27.8 Å². The summed E-state index contributed by atoms with van der Waals surface area (Å²) >= 11 is 0. The first kappa shape index (κ1) is 10.2. The first-order valence-electron chi connectivity index (χ1n) is 5.61. The lowest BCUT2D eigenvalue weighted by Crippen LogP contribution is -2.48. The van der Waals surface area contributed by atoms with Crippen LogP contribution in [0.25, 0.3) is 10.8 Å². The van der Waals surface area contributed by atoms with Crippen LogP contribution in [-0.4, -0.2) is 17.4 Å².